The van der Waals surface area contributed by atoms with Crippen LogP contribution in [-0.2, 0) is 4.79 Å². The minimum atomic E-state index is -0.340. The van der Waals surface area contributed by atoms with Crippen molar-refractivity contribution in [2.45, 2.75) is 32.9 Å². The van der Waals surface area contributed by atoms with Crippen LogP contribution in [0.2, 0.25) is 0 Å². The Bertz CT molecular complexity index is 786. The molecule has 0 saturated carbocycles. The fourth-order valence-corrected chi connectivity index (χ4v) is 3.59. The zero-order valence-electron chi connectivity index (χ0n) is 16.7. The van der Waals surface area contributed by atoms with E-state index in [1.54, 1.807) is 6.21 Å². The van der Waals surface area contributed by atoms with Crippen molar-refractivity contribution in [2.24, 2.45) is 11.0 Å². The Morgan fingerprint density at radius 1 is 1.07 bits per heavy atom. The monoisotopic (exact) mass is 379 g/mol. The lowest BCUT2D eigenvalue weighted by Crippen LogP contribution is -2.43. The van der Waals surface area contributed by atoms with E-state index in [0.717, 1.165) is 24.2 Å². The molecule has 1 heterocycles. The van der Waals surface area contributed by atoms with E-state index in [2.05, 4.69) is 71.3 Å². The summed E-state index contributed by atoms with van der Waals surface area (Å²) in [5.41, 5.74) is 12.3. The lowest BCUT2D eigenvalue weighted by atomic mass is 9.91. The molecule has 3 atom stereocenters. The van der Waals surface area contributed by atoms with E-state index >= 15 is 0 Å². The van der Waals surface area contributed by atoms with Gasteiger partial charge in [-0.05, 0) is 37.1 Å². The van der Waals surface area contributed by atoms with Gasteiger partial charge in [0.05, 0.1) is 12.3 Å². The van der Waals surface area contributed by atoms with Gasteiger partial charge in [0, 0.05) is 24.7 Å². The first-order chi connectivity index (χ1) is 13.6. The molecule has 1 saturated heterocycles. The van der Waals surface area contributed by atoms with Crippen LogP contribution in [0.15, 0.2) is 59.7 Å². The number of carbonyl (C=O) groups excluding carboxylic acids is 1. The van der Waals surface area contributed by atoms with Crippen molar-refractivity contribution in [3.8, 4) is 0 Å². The van der Waals surface area contributed by atoms with Crippen molar-refractivity contribution < 1.29 is 4.79 Å². The Morgan fingerprint density at radius 3 is 2.39 bits per heavy atom. The van der Waals surface area contributed by atoms with Gasteiger partial charge in [0.2, 0.25) is 0 Å². The maximum absolute atomic E-state index is 12.5. The summed E-state index contributed by atoms with van der Waals surface area (Å²) in [6, 6.07) is 18.0. The smallest absolute Gasteiger partial charge is 0.258 e. The lowest BCUT2D eigenvalue weighted by molar-refractivity contribution is -0.123. The van der Waals surface area contributed by atoms with Gasteiger partial charge in [0.1, 0.15) is 6.04 Å². The number of hydrogen-bond acceptors (Lipinski definition) is 5. The van der Waals surface area contributed by atoms with E-state index in [1.165, 1.54) is 5.69 Å². The third kappa shape index (κ3) is 4.58. The second-order valence-corrected chi connectivity index (χ2v) is 7.01. The minimum Gasteiger partial charge on any atom is -0.372 e. The van der Waals surface area contributed by atoms with E-state index in [9.17, 15) is 4.79 Å². The number of carbonyl (C=O) groups is 1. The van der Waals surface area contributed by atoms with Crippen LogP contribution in [0, 0.1) is 5.92 Å². The molecule has 28 heavy (non-hydrogen) atoms. The van der Waals surface area contributed by atoms with E-state index in [1.807, 2.05) is 30.3 Å². The first-order valence-corrected chi connectivity index (χ1v) is 9.88. The molecule has 1 aliphatic heterocycles. The first-order valence-electron chi connectivity index (χ1n) is 9.88. The number of benzene rings is 2. The molecule has 0 bridgehead atoms. The molecule has 148 valence electrons. The quantitative estimate of drug-likeness (QED) is 0.511. The highest BCUT2D eigenvalue weighted by molar-refractivity contribution is 5.85. The van der Waals surface area contributed by atoms with Gasteiger partial charge in [-0.25, -0.2) is 16.3 Å². The molecule has 2 aromatic carbocycles. The van der Waals surface area contributed by atoms with Crippen molar-refractivity contribution in [1.82, 2.24) is 16.3 Å². The molecule has 1 fully saturated rings. The summed E-state index contributed by atoms with van der Waals surface area (Å²) in [4.78, 5) is 14.8. The summed E-state index contributed by atoms with van der Waals surface area (Å²) in [7, 11) is 0. The molecule has 2 aromatic rings. The second kappa shape index (κ2) is 9.48. The van der Waals surface area contributed by atoms with Crippen molar-refractivity contribution in [3.63, 3.8) is 0 Å². The maximum Gasteiger partial charge on any atom is 0.258 e. The molecule has 0 radical (unpaired) electrons. The fraction of sp³-hybridized carbons (Fsp3) is 0.364. The van der Waals surface area contributed by atoms with E-state index in [-0.39, 0.29) is 23.9 Å². The number of amides is 1. The molecule has 0 spiro atoms. The highest BCUT2D eigenvalue weighted by atomic mass is 16.2. The molecule has 6 nitrogen and oxygen atoms in total. The lowest BCUT2D eigenvalue weighted by Gasteiger charge is -2.20. The molecule has 6 heteroatoms. The normalized spacial score (nSPS) is 21.8. The SMILES string of the molecule is CCN(CC)c1ccc(/C=N/NC(=O)C2NNC(c3ccccc3)C2C)cc1. The van der Waals surface area contributed by atoms with Crippen LogP contribution in [0.3, 0.4) is 0 Å². The Morgan fingerprint density at radius 2 is 1.75 bits per heavy atom. The molecule has 3 unspecified atom stereocenters. The average molecular weight is 380 g/mol. The number of hydrazone groups is 1. The molecular formula is C22H29N5O. The van der Waals surface area contributed by atoms with Gasteiger partial charge in [0.25, 0.3) is 5.91 Å². The predicted octanol–water partition coefficient (Wildman–Crippen LogP) is 2.84. The maximum atomic E-state index is 12.5. The summed E-state index contributed by atoms with van der Waals surface area (Å²) >= 11 is 0. The van der Waals surface area contributed by atoms with Crippen LogP contribution < -0.4 is 21.2 Å². The van der Waals surface area contributed by atoms with Gasteiger partial charge in [0.15, 0.2) is 0 Å². The molecule has 0 aromatic heterocycles. The number of rotatable bonds is 7. The Labute approximate surface area is 167 Å². The van der Waals surface area contributed by atoms with Gasteiger partial charge < -0.3 is 4.90 Å². The zero-order chi connectivity index (χ0) is 19.9. The molecule has 3 N–H and O–H groups in total. The summed E-state index contributed by atoms with van der Waals surface area (Å²) in [6.07, 6.45) is 1.67. The number of nitrogens with zero attached hydrogens (tertiary/aromatic N) is 2. The van der Waals surface area contributed by atoms with E-state index in [0.29, 0.717) is 0 Å². The largest absolute Gasteiger partial charge is 0.372 e. The third-order valence-corrected chi connectivity index (χ3v) is 5.30. The second-order valence-electron chi connectivity index (χ2n) is 7.01. The highest BCUT2D eigenvalue weighted by Crippen LogP contribution is 2.28. The fourth-order valence-electron chi connectivity index (χ4n) is 3.59. The first kappa shape index (κ1) is 20.0. The van der Waals surface area contributed by atoms with Crippen LogP contribution in [-0.4, -0.2) is 31.3 Å². The van der Waals surface area contributed by atoms with E-state index in [4.69, 9.17) is 0 Å². The van der Waals surface area contributed by atoms with Gasteiger partial charge in [-0.15, -0.1) is 0 Å². The van der Waals surface area contributed by atoms with Crippen LogP contribution in [0.5, 0.6) is 0 Å². The van der Waals surface area contributed by atoms with E-state index < -0.39 is 0 Å². The van der Waals surface area contributed by atoms with Crippen LogP contribution in [0.1, 0.15) is 37.9 Å². The Hall–Kier alpha value is -2.70. The summed E-state index contributed by atoms with van der Waals surface area (Å²) < 4.78 is 0. The van der Waals surface area contributed by atoms with Gasteiger partial charge in [-0.3, -0.25) is 4.79 Å². The number of nitrogens with one attached hydrogen (secondary N) is 3. The van der Waals surface area contributed by atoms with Crippen molar-refractivity contribution in [2.75, 3.05) is 18.0 Å². The van der Waals surface area contributed by atoms with Crippen molar-refractivity contribution in [3.05, 3.63) is 65.7 Å². The van der Waals surface area contributed by atoms with Gasteiger partial charge >= 0.3 is 0 Å². The molecule has 1 aliphatic rings. The van der Waals surface area contributed by atoms with Crippen molar-refractivity contribution >= 4 is 17.8 Å². The highest BCUT2D eigenvalue weighted by Gasteiger charge is 2.37. The average Bonchev–Trinajstić information content (AvgIpc) is 3.12. The summed E-state index contributed by atoms with van der Waals surface area (Å²) in [6.45, 7) is 8.30. The molecule has 1 amide bonds. The third-order valence-electron chi connectivity index (χ3n) is 5.30. The number of hydrazine groups is 1. The molecule has 3 rings (SSSR count). The van der Waals surface area contributed by atoms with Crippen molar-refractivity contribution in [1.29, 1.82) is 0 Å². The standard InChI is InChI=1S/C22H29N5O/c1-4-27(5-2)19-13-11-17(12-14-19)15-23-26-22(28)21-16(3)20(24-25-21)18-9-7-6-8-10-18/h6-16,20-21,24-25H,4-5H2,1-3H3,(H,26,28)/b23-15+. The van der Waals surface area contributed by atoms with Crippen LogP contribution >= 0.6 is 0 Å². The topological polar surface area (TPSA) is 68.8 Å². The molecular weight excluding hydrogens is 350 g/mol. The van der Waals surface area contributed by atoms with Crippen LogP contribution in [0.4, 0.5) is 5.69 Å². The molecule has 0 aliphatic carbocycles. The van der Waals surface area contributed by atoms with Crippen LogP contribution in [0.25, 0.3) is 0 Å². The summed E-state index contributed by atoms with van der Waals surface area (Å²) in [5.74, 6) is -0.0413. The number of hydrogen-bond donors (Lipinski definition) is 3. The minimum absolute atomic E-state index is 0.0913. The van der Waals surface area contributed by atoms with Gasteiger partial charge in [-0.1, -0.05) is 49.4 Å². The summed E-state index contributed by atoms with van der Waals surface area (Å²) in [5, 5.41) is 4.13. The predicted molar refractivity (Wildman–Crippen MR) is 114 cm³/mol. The zero-order valence-corrected chi connectivity index (χ0v) is 16.7. The number of anilines is 1. The van der Waals surface area contributed by atoms with Gasteiger partial charge in [-0.2, -0.15) is 5.10 Å². The Balaban J connectivity index is 1.55. The Kier molecular flexibility index (Phi) is 6.79.